The molecule has 0 unspecified atom stereocenters. The molecule has 0 bridgehead atoms. The van der Waals surface area contributed by atoms with Crippen LogP contribution >= 0.6 is 0 Å². The second-order valence-electron chi connectivity index (χ2n) is 3.87. The zero-order valence-corrected chi connectivity index (χ0v) is 9.89. The minimum absolute atomic E-state index is 0.215. The summed E-state index contributed by atoms with van der Waals surface area (Å²) in [6.45, 7) is 2.66. The third-order valence-corrected chi connectivity index (χ3v) is 2.55. The summed E-state index contributed by atoms with van der Waals surface area (Å²) < 4.78 is 5.50. The first-order valence-corrected chi connectivity index (χ1v) is 5.83. The van der Waals surface area contributed by atoms with Gasteiger partial charge in [-0.1, -0.05) is 49.4 Å². The fraction of sp³-hybridized carbons (Fsp3) is 0.200. The van der Waals surface area contributed by atoms with Crippen molar-refractivity contribution in [2.24, 2.45) is 0 Å². The Kier molecular flexibility index (Phi) is 3.66. The van der Waals surface area contributed by atoms with Gasteiger partial charge in [0, 0.05) is 5.56 Å². The number of para-hydroxylation sites is 1. The van der Waals surface area contributed by atoms with E-state index in [-0.39, 0.29) is 5.75 Å². The van der Waals surface area contributed by atoms with E-state index in [0.29, 0.717) is 12.4 Å². The van der Waals surface area contributed by atoms with Gasteiger partial charge >= 0.3 is 0 Å². The van der Waals surface area contributed by atoms with E-state index in [0.717, 1.165) is 17.5 Å². The van der Waals surface area contributed by atoms with E-state index in [2.05, 4.69) is 0 Å². The summed E-state index contributed by atoms with van der Waals surface area (Å²) in [5, 5.41) is 10.1. The van der Waals surface area contributed by atoms with E-state index in [1.54, 1.807) is 6.07 Å². The van der Waals surface area contributed by atoms with Gasteiger partial charge in [-0.15, -0.1) is 0 Å². The molecule has 2 aromatic carbocycles. The summed E-state index contributed by atoms with van der Waals surface area (Å²) in [5.41, 5.74) is 1.80. The van der Waals surface area contributed by atoms with Crippen molar-refractivity contribution in [3.8, 4) is 22.6 Å². The van der Waals surface area contributed by atoms with Crippen LogP contribution in [0.15, 0.2) is 48.5 Å². The molecule has 0 saturated heterocycles. The first kappa shape index (κ1) is 11.5. The van der Waals surface area contributed by atoms with Gasteiger partial charge in [-0.05, 0) is 18.1 Å². The maximum Gasteiger partial charge on any atom is 0.165 e. The molecule has 2 heteroatoms. The van der Waals surface area contributed by atoms with Gasteiger partial charge in [0.25, 0.3) is 0 Å². The normalized spacial score (nSPS) is 10.2. The highest BCUT2D eigenvalue weighted by atomic mass is 16.5. The zero-order valence-electron chi connectivity index (χ0n) is 9.89. The minimum atomic E-state index is 0.215. The Morgan fingerprint density at radius 2 is 1.76 bits per heavy atom. The standard InChI is InChI=1S/C15H16O2/c1-2-11-17-14-10-6-9-13(15(14)16)12-7-4-3-5-8-12/h3-10,16H,2,11H2,1H3. The average molecular weight is 228 g/mol. The van der Waals surface area contributed by atoms with Gasteiger partial charge in [-0.25, -0.2) is 0 Å². The van der Waals surface area contributed by atoms with Crippen LogP contribution in [0.2, 0.25) is 0 Å². The van der Waals surface area contributed by atoms with Crippen molar-refractivity contribution in [2.75, 3.05) is 6.61 Å². The lowest BCUT2D eigenvalue weighted by molar-refractivity contribution is 0.300. The molecule has 0 amide bonds. The third kappa shape index (κ3) is 2.59. The second-order valence-corrected chi connectivity index (χ2v) is 3.87. The van der Waals surface area contributed by atoms with Gasteiger partial charge in [-0.2, -0.15) is 0 Å². The van der Waals surface area contributed by atoms with Gasteiger partial charge in [-0.3, -0.25) is 0 Å². The molecule has 2 nitrogen and oxygen atoms in total. The number of benzene rings is 2. The Labute approximate surface area is 101 Å². The topological polar surface area (TPSA) is 29.5 Å². The van der Waals surface area contributed by atoms with Crippen LogP contribution in [0, 0.1) is 0 Å². The lowest BCUT2D eigenvalue weighted by Crippen LogP contribution is -1.95. The maximum absolute atomic E-state index is 10.1. The van der Waals surface area contributed by atoms with E-state index in [4.69, 9.17) is 4.74 Å². The van der Waals surface area contributed by atoms with Crippen molar-refractivity contribution in [1.29, 1.82) is 0 Å². The van der Waals surface area contributed by atoms with E-state index in [9.17, 15) is 5.11 Å². The van der Waals surface area contributed by atoms with E-state index in [1.165, 1.54) is 0 Å². The van der Waals surface area contributed by atoms with E-state index >= 15 is 0 Å². The lowest BCUT2D eigenvalue weighted by Gasteiger charge is -2.10. The monoisotopic (exact) mass is 228 g/mol. The van der Waals surface area contributed by atoms with Gasteiger partial charge in [0.05, 0.1) is 6.61 Å². The molecular weight excluding hydrogens is 212 g/mol. The molecule has 0 aromatic heterocycles. The van der Waals surface area contributed by atoms with Crippen LogP contribution < -0.4 is 4.74 Å². The molecule has 0 heterocycles. The minimum Gasteiger partial charge on any atom is -0.504 e. The molecule has 0 saturated carbocycles. The zero-order chi connectivity index (χ0) is 12.1. The number of phenolic OH excluding ortho intramolecular Hbond substituents is 1. The van der Waals surface area contributed by atoms with Crippen LogP contribution in [0.5, 0.6) is 11.5 Å². The summed E-state index contributed by atoms with van der Waals surface area (Å²) in [7, 11) is 0. The molecular formula is C15H16O2. The molecule has 0 radical (unpaired) electrons. The molecule has 0 aliphatic heterocycles. The first-order chi connectivity index (χ1) is 8.33. The number of hydrogen-bond donors (Lipinski definition) is 1. The van der Waals surface area contributed by atoms with Gasteiger partial charge in [0.1, 0.15) is 0 Å². The molecule has 2 aromatic rings. The summed E-state index contributed by atoms with van der Waals surface area (Å²) in [6.07, 6.45) is 0.926. The smallest absolute Gasteiger partial charge is 0.165 e. The molecule has 88 valence electrons. The third-order valence-electron chi connectivity index (χ3n) is 2.55. The summed E-state index contributed by atoms with van der Waals surface area (Å²) >= 11 is 0. The van der Waals surface area contributed by atoms with Crippen LogP contribution in [0.1, 0.15) is 13.3 Å². The largest absolute Gasteiger partial charge is 0.504 e. The van der Waals surface area contributed by atoms with Crippen LogP contribution in [0.4, 0.5) is 0 Å². The first-order valence-electron chi connectivity index (χ1n) is 5.83. The highest BCUT2D eigenvalue weighted by Gasteiger charge is 2.09. The highest BCUT2D eigenvalue weighted by molar-refractivity contribution is 5.73. The quantitative estimate of drug-likeness (QED) is 0.861. The maximum atomic E-state index is 10.1. The van der Waals surface area contributed by atoms with E-state index < -0.39 is 0 Å². The van der Waals surface area contributed by atoms with Crippen molar-refractivity contribution in [3.63, 3.8) is 0 Å². The lowest BCUT2D eigenvalue weighted by atomic mass is 10.0. The summed E-state index contributed by atoms with van der Waals surface area (Å²) in [6, 6.07) is 15.4. The molecule has 0 fully saturated rings. The van der Waals surface area contributed by atoms with Crippen LogP contribution in [-0.4, -0.2) is 11.7 Å². The molecule has 0 aliphatic rings. The van der Waals surface area contributed by atoms with Crippen LogP contribution in [-0.2, 0) is 0 Å². The number of phenols is 1. The molecule has 0 spiro atoms. The predicted molar refractivity (Wildman–Crippen MR) is 69.3 cm³/mol. The predicted octanol–water partition coefficient (Wildman–Crippen LogP) is 3.85. The Bertz CT molecular complexity index is 478. The van der Waals surface area contributed by atoms with Gasteiger partial charge < -0.3 is 9.84 Å². The number of aromatic hydroxyl groups is 1. The molecule has 2 rings (SSSR count). The van der Waals surface area contributed by atoms with Crippen molar-refractivity contribution >= 4 is 0 Å². The summed E-state index contributed by atoms with van der Waals surface area (Å²) in [5.74, 6) is 0.764. The van der Waals surface area contributed by atoms with Crippen molar-refractivity contribution in [1.82, 2.24) is 0 Å². The Balaban J connectivity index is 2.36. The molecule has 17 heavy (non-hydrogen) atoms. The fourth-order valence-electron chi connectivity index (χ4n) is 1.70. The SMILES string of the molecule is CCCOc1cccc(-c2ccccc2)c1O. The van der Waals surface area contributed by atoms with Crippen LogP contribution in [0.3, 0.4) is 0 Å². The summed E-state index contributed by atoms with van der Waals surface area (Å²) in [4.78, 5) is 0. The molecule has 0 atom stereocenters. The van der Waals surface area contributed by atoms with Gasteiger partial charge in [0.2, 0.25) is 0 Å². The van der Waals surface area contributed by atoms with Gasteiger partial charge in [0.15, 0.2) is 11.5 Å². The second kappa shape index (κ2) is 5.39. The van der Waals surface area contributed by atoms with Crippen molar-refractivity contribution < 1.29 is 9.84 Å². The average Bonchev–Trinajstić information content (AvgIpc) is 2.39. The van der Waals surface area contributed by atoms with E-state index in [1.807, 2.05) is 49.4 Å². The number of rotatable bonds is 4. The molecule has 1 N–H and O–H groups in total. The molecule has 0 aliphatic carbocycles. The fourth-order valence-corrected chi connectivity index (χ4v) is 1.70. The van der Waals surface area contributed by atoms with Crippen molar-refractivity contribution in [3.05, 3.63) is 48.5 Å². The number of hydrogen-bond acceptors (Lipinski definition) is 2. The number of ether oxygens (including phenoxy) is 1. The van der Waals surface area contributed by atoms with Crippen molar-refractivity contribution in [2.45, 2.75) is 13.3 Å². The Hall–Kier alpha value is -1.96. The highest BCUT2D eigenvalue weighted by Crippen LogP contribution is 2.36. The van der Waals surface area contributed by atoms with Crippen LogP contribution in [0.25, 0.3) is 11.1 Å². The Morgan fingerprint density at radius 3 is 2.47 bits per heavy atom. The Morgan fingerprint density at radius 1 is 1.00 bits per heavy atom.